The van der Waals surface area contributed by atoms with E-state index >= 15 is 0 Å². The Morgan fingerprint density at radius 2 is 2.00 bits per heavy atom. The summed E-state index contributed by atoms with van der Waals surface area (Å²) in [4.78, 5) is 22.7. The van der Waals surface area contributed by atoms with Gasteiger partial charge in [-0.25, -0.2) is 0 Å². The number of benzene rings is 2. The number of nitro benzene ring substituents is 1. The Morgan fingerprint density at radius 1 is 1.26 bits per heavy atom. The highest BCUT2D eigenvalue weighted by atomic mass is 35.5. The van der Waals surface area contributed by atoms with Gasteiger partial charge in [0.2, 0.25) is 11.8 Å². The van der Waals surface area contributed by atoms with Crippen molar-refractivity contribution in [2.75, 3.05) is 11.1 Å². The number of nitro groups is 1. The Hall–Kier alpha value is -2.91. The van der Waals surface area contributed by atoms with Gasteiger partial charge in [-0.2, -0.15) is 0 Å². The van der Waals surface area contributed by atoms with Gasteiger partial charge in [-0.3, -0.25) is 14.9 Å². The van der Waals surface area contributed by atoms with Gasteiger partial charge in [-0.05, 0) is 42.8 Å². The summed E-state index contributed by atoms with van der Waals surface area (Å²) >= 11 is 6.87. The van der Waals surface area contributed by atoms with Gasteiger partial charge >= 0.3 is 0 Å². The Morgan fingerprint density at radius 3 is 2.70 bits per heavy atom. The van der Waals surface area contributed by atoms with Crippen molar-refractivity contribution in [2.45, 2.75) is 12.1 Å². The maximum Gasteiger partial charge on any atom is 0.293 e. The molecule has 1 amide bonds. The number of nitrogens with one attached hydrogen (secondary N) is 1. The summed E-state index contributed by atoms with van der Waals surface area (Å²) in [5.74, 6) is -0.144. The van der Waals surface area contributed by atoms with Crippen molar-refractivity contribution < 1.29 is 14.1 Å². The molecule has 0 fully saturated rings. The number of rotatable bonds is 6. The molecule has 1 aromatic heterocycles. The third-order valence-corrected chi connectivity index (χ3v) is 4.52. The molecular formula is C17H13ClN4O4S. The lowest BCUT2D eigenvalue weighted by Gasteiger charge is -2.05. The number of amides is 1. The zero-order chi connectivity index (χ0) is 19.4. The Labute approximate surface area is 163 Å². The fourth-order valence-corrected chi connectivity index (χ4v) is 2.88. The van der Waals surface area contributed by atoms with Gasteiger partial charge in [0.15, 0.2) is 0 Å². The summed E-state index contributed by atoms with van der Waals surface area (Å²) < 4.78 is 5.50. The van der Waals surface area contributed by atoms with Crippen LogP contribution in [0.4, 0.5) is 11.4 Å². The molecule has 10 heteroatoms. The highest BCUT2D eigenvalue weighted by Crippen LogP contribution is 2.27. The summed E-state index contributed by atoms with van der Waals surface area (Å²) in [6, 6.07) is 11.5. The van der Waals surface area contributed by atoms with E-state index < -0.39 is 10.8 Å². The zero-order valence-corrected chi connectivity index (χ0v) is 15.6. The predicted octanol–water partition coefficient (Wildman–Crippen LogP) is 4.34. The van der Waals surface area contributed by atoms with E-state index in [0.717, 1.165) is 17.3 Å². The van der Waals surface area contributed by atoms with E-state index in [-0.39, 0.29) is 22.4 Å². The second-order valence-corrected chi connectivity index (χ2v) is 6.86. The van der Waals surface area contributed by atoms with Gasteiger partial charge in [0.1, 0.15) is 5.69 Å². The molecule has 0 bridgehead atoms. The van der Waals surface area contributed by atoms with E-state index in [9.17, 15) is 14.9 Å². The molecular weight excluding hydrogens is 392 g/mol. The highest BCUT2D eigenvalue weighted by Gasteiger charge is 2.17. The van der Waals surface area contributed by atoms with Crippen molar-refractivity contribution in [1.82, 2.24) is 10.2 Å². The highest BCUT2D eigenvalue weighted by molar-refractivity contribution is 7.99. The molecule has 0 aliphatic rings. The normalized spacial score (nSPS) is 10.6. The molecule has 3 rings (SSSR count). The molecule has 0 saturated carbocycles. The molecule has 0 aliphatic heterocycles. The average Bonchev–Trinajstić information content (AvgIpc) is 3.11. The van der Waals surface area contributed by atoms with E-state index in [0.29, 0.717) is 16.5 Å². The summed E-state index contributed by atoms with van der Waals surface area (Å²) in [5.41, 5.74) is 1.42. The van der Waals surface area contributed by atoms with Crippen LogP contribution in [0.1, 0.15) is 5.56 Å². The Bertz CT molecular complexity index is 991. The number of thioether (sulfide) groups is 1. The third kappa shape index (κ3) is 4.83. The Kier molecular flexibility index (Phi) is 5.72. The van der Waals surface area contributed by atoms with Crippen molar-refractivity contribution in [2.24, 2.45) is 0 Å². The molecule has 0 saturated heterocycles. The lowest BCUT2D eigenvalue weighted by atomic mass is 10.2. The number of hydrogen-bond acceptors (Lipinski definition) is 7. The monoisotopic (exact) mass is 404 g/mol. The number of nitrogens with zero attached hydrogens (tertiary/aromatic N) is 3. The molecule has 27 heavy (non-hydrogen) atoms. The van der Waals surface area contributed by atoms with Crippen LogP contribution in [0, 0.1) is 17.0 Å². The van der Waals surface area contributed by atoms with Crippen LogP contribution < -0.4 is 5.32 Å². The lowest BCUT2D eigenvalue weighted by molar-refractivity contribution is -0.384. The SMILES string of the molecule is Cc1ccc(NC(=O)CSc2nnc(-c3ccc(Cl)cc3)o2)c([N+](=O)[O-])c1. The minimum atomic E-state index is -0.536. The molecule has 0 unspecified atom stereocenters. The van der Waals surface area contributed by atoms with E-state index in [4.69, 9.17) is 16.0 Å². The fourth-order valence-electron chi connectivity index (χ4n) is 2.19. The standard InChI is InChI=1S/C17H13ClN4O4S/c1-10-2-7-13(14(8-10)22(24)25)19-15(23)9-27-17-21-20-16(26-17)11-3-5-12(18)6-4-11/h2-8H,9H2,1H3,(H,19,23). The molecule has 0 atom stereocenters. The molecule has 0 spiro atoms. The van der Waals surface area contributed by atoms with Crippen molar-refractivity contribution >= 4 is 40.6 Å². The number of carbonyl (C=O) groups excluding carboxylic acids is 1. The maximum absolute atomic E-state index is 12.1. The predicted molar refractivity (Wildman–Crippen MR) is 102 cm³/mol. The molecule has 8 nitrogen and oxygen atoms in total. The first-order valence-corrected chi connectivity index (χ1v) is 9.06. The molecule has 2 aromatic carbocycles. The van der Waals surface area contributed by atoms with Crippen molar-refractivity contribution in [3.63, 3.8) is 0 Å². The third-order valence-electron chi connectivity index (χ3n) is 3.45. The number of anilines is 1. The number of carbonyl (C=O) groups is 1. The van der Waals surface area contributed by atoms with Gasteiger partial charge in [0.05, 0.1) is 10.7 Å². The largest absolute Gasteiger partial charge is 0.411 e. The lowest BCUT2D eigenvalue weighted by Crippen LogP contribution is -2.15. The Balaban J connectivity index is 1.62. The van der Waals surface area contributed by atoms with Gasteiger partial charge in [-0.1, -0.05) is 29.4 Å². The van der Waals surface area contributed by atoms with Gasteiger partial charge < -0.3 is 9.73 Å². The van der Waals surface area contributed by atoms with Crippen LogP contribution in [0.25, 0.3) is 11.5 Å². The summed E-state index contributed by atoms with van der Waals surface area (Å²) in [5, 5.41) is 22.2. The summed E-state index contributed by atoms with van der Waals surface area (Å²) in [6.45, 7) is 1.74. The van der Waals surface area contributed by atoms with Crippen molar-refractivity contribution in [3.05, 3.63) is 63.2 Å². The molecule has 1 N–H and O–H groups in total. The quantitative estimate of drug-likeness (QED) is 0.369. The van der Waals surface area contributed by atoms with E-state index in [1.807, 2.05) is 0 Å². The van der Waals surface area contributed by atoms with Crippen molar-refractivity contribution in [3.8, 4) is 11.5 Å². The van der Waals surface area contributed by atoms with E-state index in [1.54, 1.807) is 37.3 Å². The first-order chi connectivity index (χ1) is 12.9. The summed E-state index contributed by atoms with van der Waals surface area (Å²) in [7, 11) is 0. The number of halogens is 1. The van der Waals surface area contributed by atoms with Gasteiger partial charge in [0.25, 0.3) is 10.9 Å². The van der Waals surface area contributed by atoms with Crippen LogP contribution in [0.2, 0.25) is 5.02 Å². The van der Waals surface area contributed by atoms with E-state index in [1.165, 1.54) is 12.1 Å². The topological polar surface area (TPSA) is 111 Å². The second kappa shape index (κ2) is 8.19. The average molecular weight is 405 g/mol. The van der Waals surface area contributed by atoms with Crippen LogP contribution in [0.5, 0.6) is 0 Å². The van der Waals surface area contributed by atoms with Crippen molar-refractivity contribution in [1.29, 1.82) is 0 Å². The first-order valence-electron chi connectivity index (χ1n) is 7.69. The van der Waals surface area contributed by atoms with Gasteiger partial charge in [0, 0.05) is 16.7 Å². The minimum Gasteiger partial charge on any atom is -0.411 e. The van der Waals surface area contributed by atoms with Crippen LogP contribution in [-0.2, 0) is 4.79 Å². The smallest absolute Gasteiger partial charge is 0.293 e. The molecule has 3 aromatic rings. The molecule has 1 heterocycles. The van der Waals surface area contributed by atoms with Crippen LogP contribution >= 0.6 is 23.4 Å². The maximum atomic E-state index is 12.1. The van der Waals surface area contributed by atoms with E-state index in [2.05, 4.69) is 15.5 Å². The fraction of sp³-hybridized carbons (Fsp3) is 0.118. The number of aryl methyl sites for hydroxylation is 1. The number of hydrogen-bond donors (Lipinski definition) is 1. The molecule has 138 valence electrons. The minimum absolute atomic E-state index is 0.0344. The first kappa shape index (κ1) is 18.9. The van der Waals surface area contributed by atoms with Crippen LogP contribution in [0.3, 0.4) is 0 Å². The second-order valence-electron chi connectivity index (χ2n) is 5.49. The van der Waals surface area contributed by atoms with Crippen LogP contribution in [-0.4, -0.2) is 26.8 Å². The van der Waals surface area contributed by atoms with Gasteiger partial charge in [-0.15, -0.1) is 10.2 Å². The zero-order valence-electron chi connectivity index (χ0n) is 14.0. The number of aromatic nitrogens is 2. The van der Waals surface area contributed by atoms with Crippen LogP contribution in [0.15, 0.2) is 52.1 Å². The molecule has 0 radical (unpaired) electrons. The molecule has 0 aliphatic carbocycles. The summed E-state index contributed by atoms with van der Waals surface area (Å²) in [6.07, 6.45) is 0.